The molecule has 37 heavy (non-hydrogen) atoms. The van der Waals surface area contributed by atoms with Crippen molar-refractivity contribution in [1.82, 2.24) is 5.32 Å². The van der Waals surface area contributed by atoms with Crippen LogP contribution in [0.4, 0.5) is 0 Å². The van der Waals surface area contributed by atoms with Crippen LogP contribution in [0.1, 0.15) is 67.7 Å². The van der Waals surface area contributed by atoms with Crippen molar-refractivity contribution in [1.29, 1.82) is 0 Å². The number of rotatable bonds is 7. The minimum atomic E-state index is -0.642. The summed E-state index contributed by atoms with van der Waals surface area (Å²) in [6, 6.07) is 7.65. The molecule has 0 spiro atoms. The van der Waals surface area contributed by atoms with E-state index in [9.17, 15) is 9.59 Å². The van der Waals surface area contributed by atoms with E-state index < -0.39 is 11.9 Å². The van der Waals surface area contributed by atoms with Crippen LogP contribution in [0, 0.1) is 0 Å². The van der Waals surface area contributed by atoms with Crippen LogP contribution >= 0.6 is 11.3 Å². The summed E-state index contributed by atoms with van der Waals surface area (Å²) < 4.78 is 22.8. The van der Waals surface area contributed by atoms with Crippen molar-refractivity contribution in [2.24, 2.45) is 0 Å². The molecule has 1 aromatic heterocycles. The molecule has 3 aliphatic rings. The maximum absolute atomic E-state index is 13.8. The van der Waals surface area contributed by atoms with E-state index in [0.29, 0.717) is 52.5 Å². The Morgan fingerprint density at radius 2 is 1.70 bits per heavy atom. The molecule has 8 heteroatoms. The zero-order valence-electron chi connectivity index (χ0n) is 21.7. The van der Waals surface area contributed by atoms with E-state index in [1.54, 1.807) is 38.7 Å². The zero-order valence-corrected chi connectivity index (χ0v) is 22.5. The van der Waals surface area contributed by atoms with Crippen molar-refractivity contribution in [2.45, 2.75) is 63.4 Å². The third-order valence-corrected chi connectivity index (χ3v) is 8.65. The zero-order chi connectivity index (χ0) is 26.1. The Bertz CT molecular complexity index is 1260. The predicted octanol–water partition coefficient (Wildman–Crippen LogP) is 5.62. The number of ether oxygens (including phenoxy) is 4. The third kappa shape index (κ3) is 4.75. The van der Waals surface area contributed by atoms with Gasteiger partial charge in [-0.15, -0.1) is 11.3 Å². The molecule has 2 aliphatic carbocycles. The number of nitrogens with one attached hydrogen (secondary N) is 1. The number of hydrogen-bond acceptors (Lipinski definition) is 8. The summed E-state index contributed by atoms with van der Waals surface area (Å²) in [7, 11) is 4.70. The average Bonchev–Trinajstić information content (AvgIpc) is 3.61. The van der Waals surface area contributed by atoms with Gasteiger partial charge < -0.3 is 24.3 Å². The number of esters is 1. The Morgan fingerprint density at radius 1 is 1.00 bits per heavy atom. The monoisotopic (exact) mass is 523 g/mol. The molecule has 7 nitrogen and oxygen atoms in total. The summed E-state index contributed by atoms with van der Waals surface area (Å²) in [6.45, 7) is 1.88. The quantitative estimate of drug-likeness (QED) is 0.472. The number of allylic oxidation sites excluding steroid dienone is 3. The van der Waals surface area contributed by atoms with Crippen molar-refractivity contribution in [3.63, 3.8) is 0 Å². The molecular formula is C29H33NO6S. The lowest BCUT2D eigenvalue weighted by Gasteiger charge is -2.37. The van der Waals surface area contributed by atoms with Crippen LogP contribution in [0.3, 0.4) is 0 Å². The van der Waals surface area contributed by atoms with Gasteiger partial charge in [0.15, 0.2) is 17.3 Å². The van der Waals surface area contributed by atoms with Gasteiger partial charge in [-0.3, -0.25) is 4.79 Å². The second-order valence-electron chi connectivity index (χ2n) is 9.79. The molecule has 1 aromatic carbocycles. The van der Waals surface area contributed by atoms with Gasteiger partial charge in [0.1, 0.15) is 11.9 Å². The summed E-state index contributed by atoms with van der Waals surface area (Å²) >= 11 is 1.67. The highest BCUT2D eigenvalue weighted by Gasteiger charge is 2.43. The first-order valence-corrected chi connectivity index (χ1v) is 13.6. The van der Waals surface area contributed by atoms with Crippen molar-refractivity contribution in [2.75, 3.05) is 21.3 Å². The third-order valence-electron chi connectivity index (χ3n) is 7.62. The first-order valence-electron chi connectivity index (χ1n) is 12.7. The summed E-state index contributed by atoms with van der Waals surface area (Å²) in [5.74, 6) is 0.618. The first-order chi connectivity index (χ1) is 17.9. The summed E-state index contributed by atoms with van der Waals surface area (Å²) in [4.78, 5) is 28.7. The van der Waals surface area contributed by atoms with Crippen LogP contribution in [-0.4, -0.2) is 39.2 Å². The van der Waals surface area contributed by atoms with Crippen LogP contribution in [-0.2, 0) is 14.3 Å². The molecular weight excluding hydrogens is 490 g/mol. The number of dihydropyridines is 1. The topological polar surface area (TPSA) is 83.1 Å². The molecule has 5 rings (SSSR count). The largest absolute Gasteiger partial charge is 0.496 e. The molecule has 2 heterocycles. The van der Waals surface area contributed by atoms with Crippen molar-refractivity contribution in [3.8, 4) is 17.2 Å². The number of methoxy groups -OCH3 is 3. The second kappa shape index (κ2) is 10.6. The van der Waals surface area contributed by atoms with E-state index in [4.69, 9.17) is 18.9 Å². The van der Waals surface area contributed by atoms with Crippen molar-refractivity contribution >= 4 is 23.1 Å². The van der Waals surface area contributed by atoms with E-state index in [-0.39, 0.29) is 17.8 Å². The number of ketones is 1. The lowest BCUT2D eigenvalue weighted by molar-refractivity contribution is -0.144. The molecule has 0 radical (unpaired) electrons. The van der Waals surface area contributed by atoms with Gasteiger partial charge in [0.25, 0.3) is 0 Å². The predicted molar refractivity (Wildman–Crippen MR) is 141 cm³/mol. The molecule has 2 atom stereocenters. The van der Waals surface area contributed by atoms with E-state index in [2.05, 4.69) is 11.4 Å². The highest BCUT2D eigenvalue weighted by Crippen LogP contribution is 2.50. The number of Topliss-reactive ketones (excluding diaryl/α,β-unsaturated/α-hetero) is 1. The standard InChI is InChI=1S/C29H33NO6S/c1-16-26(29(32)36-18-8-5-6-9-18)27(19-14-23(34-3)24(35-4)15-22(19)33-2)28-20(30-16)12-17(13-21(28)31)25-10-7-11-37-25/h7,10-11,14-15,17-18,27,30H,5-6,8-9,12-13H2,1-4H3/t17-,27+/m0/s1. The van der Waals surface area contributed by atoms with Crippen LogP contribution < -0.4 is 19.5 Å². The first kappa shape index (κ1) is 25.4. The number of benzene rings is 1. The minimum Gasteiger partial charge on any atom is -0.496 e. The highest BCUT2D eigenvalue weighted by molar-refractivity contribution is 7.10. The Morgan fingerprint density at radius 3 is 2.35 bits per heavy atom. The van der Waals surface area contributed by atoms with Gasteiger partial charge in [-0.1, -0.05) is 6.07 Å². The fourth-order valence-corrected chi connectivity index (χ4v) is 6.68. The van der Waals surface area contributed by atoms with Crippen LogP contribution in [0.5, 0.6) is 17.2 Å². The molecule has 1 N–H and O–H groups in total. The molecule has 1 aliphatic heterocycles. The normalized spacial score (nSPS) is 22.0. The van der Waals surface area contributed by atoms with E-state index in [0.717, 1.165) is 31.4 Å². The van der Waals surface area contributed by atoms with Crippen molar-refractivity contribution < 1.29 is 28.5 Å². The van der Waals surface area contributed by atoms with Gasteiger partial charge in [-0.05, 0) is 56.5 Å². The van der Waals surface area contributed by atoms with E-state index >= 15 is 0 Å². The van der Waals surface area contributed by atoms with Gasteiger partial charge in [0.05, 0.1) is 32.8 Å². The SMILES string of the molecule is COc1cc(OC)c([C@@H]2C(C(=O)OC3CCCC3)=C(C)NC3=C2C(=O)C[C@@H](c2cccs2)C3)cc1OC. The highest BCUT2D eigenvalue weighted by atomic mass is 32.1. The Labute approximate surface area is 221 Å². The fraction of sp³-hybridized carbons (Fsp3) is 0.448. The second-order valence-corrected chi connectivity index (χ2v) is 10.8. The summed E-state index contributed by atoms with van der Waals surface area (Å²) in [6.07, 6.45) is 4.82. The van der Waals surface area contributed by atoms with Gasteiger partial charge in [0.2, 0.25) is 0 Å². The minimum absolute atomic E-state index is 0.0210. The smallest absolute Gasteiger partial charge is 0.337 e. The summed E-state index contributed by atoms with van der Waals surface area (Å²) in [5, 5.41) is 5.47. The lowest BCUT2D eigenvalue weighted by atomic mass is 9.72. The van der Waals surface area contributed by atoms with Crippen LogP contribution in [0.25, 0.3) is 0 Å². The summed E-state index contributed by atoms with van der Waals surface area (Å²) in [5.41, 5.74) is 3.27. The van der Waals surface area contributed by atoms with Crippen molar-refractivity contribution in [3.05, 3.63) is 62.6 Å². The molecule has 0 saturated heterocycles. The molecule has 0 amide bonds. The number of carbonyl (C=O) groups is 2. The number of hydrogen-bond donors (Lipinski definition) is 1. The van der Waals surface area contributed by atoms with Gasteiger partial charge in [-0.25, -0.2) is 4.79 Å². The van der Waals surface area contributed by atoms with Gasteiger partial charge in [-0.2, -0.15) is 0 Å². The fourth-order valence-electron chi connectivity index (χ4n) is 5.84. The Kier molecular flexibility index (Phi) is 7.29. The number of carbonyl (C=O) groups excluding carboxylic acids is 2. The van der Waals surface area contributed by atoms with Gasteiger partial charge in [0, 0.05) is 45.8 Å². The molecule has 1 fully saturated rings. The maximum Gasteiger partial charge on any atom is 0.337 e. The average molecular weight is 524 g/mol. The van der Waals surface area contributed by atoms with Crippen LogP contribution in [0.2, 0.25) is 0 Å². The number of thiophene rings is 1. The molecule has 0 bridgehead atoms. The van der Waals surface area contributed by atoms with E-state index in [1.807, 2.05) is 24.4 Å². The molecule has 196 valence electrons. The lowest BCUT2D eigenvalue weighted by Crippen LogP contribution is -2.36. The van der Waals surface area contributed by atoms with E-state index in [1.165, 1.54) is 4.88 Å². The molecule has 2 aromatic rings. The van der Waals surface area contributed by atoms with Gasteiger partial charge >= 0.3 is 5.97 Å². The van der Waals surface area contributed by atoms with Crippen LogP contribution in [0.15, 0.2) is 52.2 Å². The Hall–Kier alpha value is -3.26. The Balaban J connectivity index is 1.64. The molecule has 1 saturated carbocycles. The molecule has 0 unspecified atom stereocenters. The maximum atomic E-state index is 13.8.